The third kappa shape index (κ3) is 3.92. The molecule has 0 radical (unpaired) electrons. The predicted octanol–water partition coefficient (Wildman–Crippen LogP) is 0.641. The summed E-state index contributed by atoms with van der Waals surface area (Å²) in [6.07, 6.45) is 2.00. The van der Waals surface area contributed by atoms with E-state index in [1.807, 2.05) is 7.05 Å². The smallest absolute Gasteiger partial charge is 0.254 e. The first kappa shape index (κ1) is 17.4. The largest absolute Gasteiger partial charge is 0.337 e. The molecule has 0 aromatic carbocycles. The number of likely N-dealkylation sites (N-methyl/N-ethyl adjacent to an activating group) is 1. The molecular weight excluding hydrogens is 322 g/mol. The fourth-order valence-electron chi connectivity index (χ4n) is 2.16. The molecule has 2 rings (SSSR count). The number of carbonyl (C=O) groups is 1. The van der Waals surface area contributed by atoms with Crippen LogP contribution < -0.4 is 10.5 Å². The molecule has 1 unspecified atom stereocenters. The Morgan fingerprint density at radius 2 is 2.25 bits per heavy atom. The fourth-order valence-corrected chi connectivity index (χ4v) is 3.74. The molecule has 0 saturated carbocycles. The zero-order valence-corrected chi connectivity index (χ0v) is 13.5. The van der Waals surface area contributed by atoms with Crippen LogP contribution in [0, 0.1) is 0 Å². The number of amides is 1. The Bertz CT molecular complexity index is 573. The number of sulfonamides is 1. The summed E-state index contributed by atoms with van der Waals surface area (Å²) in [5.41, 5.74) is 0.394. The molecule has 1 aromatic rings. The highest BCUT2D eigenvalue weighted by Gasteiger charge is 2.25. The molecule has 0 bridgehead atoms. The van der Waals surface area contributed by atoms with Crippen LogP contribution in [0.25, 0.3) is 0 Å². The van der Waals surface area contributed by atoms with E-state index in [4.69, 9.17) is 5.14 Å². The summed E-state index contributed by atoms with van der Waals surface area (Å²) in [4.78, 5) is 14.0. The highest BCUT2D eigenvalue weighted by atomic mass is 35.5. The quantitative estimate of drug-likeness (QED) is 0.845. The van der Waals surface area contributed by atoms with Crippen molar-refractivity contribution in [2.45, 2.75) is 23.1 Å². The van der Waals surface area contributed by atoms with Crippen LogP contribution in [0.3, 0.4) is 0 Å². The van der Waals surface area contributed by atoms with Crippen molar-refractivity contribution in [1.82, 2.24) is 10.2 Å². The van der Waals surface area contributed by atoms with Gasteiger partial charge in [0.15, 0.2) is 0 Å². The van der Waals surface area contributed by atoms with Gasteiger partial charge in [0.05, 0.1) is 5.56 Å². The normalized spacial score (nSPS) is 19.5. The summed E-state index contributed by atoms with van der Waals surface area (Å²) in [6.45, 7) is 1.35. The minimum atomic E-state index is -3.73. The minimum Gasteiger partial charge on any atom is -0.337 e. The molecule has 1 aromatic heterocycles. The van der Waals surface area contributed by atoms with Crippen LogP contribution in [0.5, 0.6) is 0 Å². The van der Waals surface area contributed by atoms with Gasteiger partial charge in [-0.05, 0) is 26.0 Å². The van der Waals surface area contributed by atoms with Crippen molar-refractivity contribution >= 4 is 39.7 Å². The minimum absolute atomic E-state index is 0. The lowest BCUT2D eigenvalue weighted by Crippen LogP contribution is -2.46. The molecule has 0 aliphatic carbocycles. The van der Waals surface area contributed by atoms with Gasteiger partial charge in [0, 0.05) is 24.5 Å². The van der Waals surface area contributed by atoms with Crippen LogP contribution in [-0.4, -0.2) is 45.4 Å². The number of carbonyl (C=O) groups excluding carboxylic acids is 1. The van der Waals surface area contributed by atoms with Crippen LogP contribution in [0.15, 0.2) is 15.7 Å². The molecule has 1 aliphatic rings. The summed E-state index contributed by atoms with van der Waals surface area (Å²) in [5.74, 6) is -0.133. The Morgan fingerprint density at radius 1 is 1.55 bits per heavy atom. The molecule has 1 saturated heterocycles. The molecule has 0 spiro atoms. The monoisotopic (exact) mass is 339 g/mol. The second kappa shape index (κ2) is 6.86. The van der Waals surface area contributed by atoms with Gasteiger partial charge >= 0.3 is 0 Å². The highest BCUT2D eigenvalue weighted by molar-refractivity contribution is 7.91. The second-order valence-corrected chi connectivity index (χ2v) is 7.28. The van der Waals surface area contributed by atoms with Crippen molar-refractivity contribution in [2.24, 2.45) is 5.14 Å². The summed E-state index contributed by atoms with van der Waals surface area (Å²) >= 11 is 0.979. The average molecular weight is 340 g/mol. The fraction of sp³-hybridized carbons (Fsp3) is 0.545. The van der Waals surface area contributed by atoms with Gasteiger partial charge < -0.3 is 10.2 Å². The number of hydrogen-bond donors (Lipinski definition) is 2. The van der Waals surface area contributed by atoms with E-state index >= 15 is 0 Å². The van der Waals surface area contributed by atoms with Gasteiger partial charge in [-0.1, -0.05) is 0 Å². The SMILES string of the molecule is CNC1CCCN(C(=O)c2csc(S(N)(=O)=O)c2)C1.Cl. The van der Waals surface area contributed by atoms with Crippen molar-refractivity contribution in [1.29, 1.82) is 0 Å². The Kier molecular flexibility index (Phi) is 5.96. The van der Waals surface area contributed by atoms with Crippen molar-refractivity contribution < 1.29 is 13.2 Å². The van der Waals surface area contributed by atoms with Gasteiger partial charge in [-0.25, -0.2) is 13.6 Å². The number of halogens is 1. The van der Waals surface area contributed by atoms with Crippen LogP contribution in [-0.2, 0) is 10.0 Å². The van der Waals surface area contributed by atoms with Crippen LogP contribution in [0.1, 0.15) is 23.2 Å². The molecule has 9 heteroatoms. The Balaban J connectivity index is 0.00000200. The van der Waals surface area contributed by atoms with Gasteiger partial charge in [0.2, 0.25) is 10.0 Å². The Morgan fingerprint density at radius 3 is 2.80 bits per heavy atom. The van der Waals surface area contributed by atoms with E-state index in [9.17, 15) is 13.2 Å². The number of nitrogens with zero attached hydrogens (tertiary/aromatic N) is 1. The molecule has 20 heavy (non-hydrogen) atoms. The van der Waals surface area contributed by atoms with Gasteiger partial charge in [-0.2, -0.15) is 0 Å². The Hall–Kier alpha value is -0.670. The maximum absolute atomic E-state index is 12.3. The summed E-state index contributed by atoms with van der Waals surface area (Å²) < 4.78 is 22.4. The first-order chi connectivity index (χ1) is 8.91. The molecule has 6 nitrogen and oxygen atoms in total. The molecule has 1 aliphatic heterocycles. The third-order valence-corrected chi connectivity index (χ3v) is 5.61. The maximum Gasteiger partial charge on any atom is 0.254 e. The lowest BCUT2D eigenvalue weighted by Gasteiger charge is -2.32. The van der Waals surface area contributed by atoms with Crippen molar-refractivity contribution in [2.75, 3.05) is 20.1 Å². The van der Waals surface area contributed by atoms with E-state index in [0.29, 0.717) is 24.7 Å². The number of hydrogen-bond acceptors (Lipinski definition) is 5. The first-order valence-corrected chi connectivity index (χ1v) is 8.42. The summed E-state index contributed by atoms with van der Waals surface area (Å²) in [6, 6.07) is 1.65. The standard InChI is InChI=1S/C11H17N3O3S2.ClH/c1-13-9-3-2-4-14(6-9)11(15)8-5-10(18-7-8)19(12,16)17;/h5,7,9,13H,2-4,6H2,1H3,(H2,12,16,17);1H. The van der Waals surface area contributed by atoms with Gasteiger partial charge in [0.25, 0.3) is 5.91 Å². The Labute approximate surface area is 128 Å². The molecule has 2 heterocycles. The van der Waals surface area contributed by atoms with Gasteiger partial charge in [0.1, 0.15) is 4.21 Å². The van der Waals surface area contributed by atoms with E-state index in [2.05, 4.69) is 5.32 Å². The van der Waals surface area contributed by atoms with E-state index in [0.717, 1.165) is 24.2 Å². The molecule has 1 amide bonds. The van der Waals surface area contributed by atoms with E-state index in [-0.39, 0.29) is 22.5 Å². The van der Waals surface area contributed by atoms with Crippen LogP contribution in [0.2, 0.25) is 0 Å². The third-order valence-electron chi connectivity index (χ3n) is 3.22. The zero-order valence-electron chi connectivity index (χ0n) is 11.0. The molecule has 1 atom stereocenters. The number of nitrogens with one attached hydrogen (secondary N) is 1. The van der Waals surface area contributed by atoms with Crippen LogP contribution >= 0.6 is 23.7 Å². The average Bonchev–Trinajstić information content (AvgIpc) is 2.87. The lowest BCUT2D eigenvalue weighted by molar-refractivity contribution is 0.0698. The van der Waals surface area contributed by atoms with Crippen molar-refractivity contribution in [3.05, 3.63) is 17.0 Å². The maximum atomic E-state index is 12.3. The van der Waals surface area contributed by atoms with Crippen LogP contribution in [0.4, 0.5) is 0 Å². The zero-order chi connectivity index (χ0) is 14.0. The molecular formula is C11H18ClN3O3S2. The second-order valence-electron chi connectivity index (χ2n) is 4.58. The van der Waals surface area contributed by atoms with E-state index in [1.165, 1.54) is 6.07 Å². The van der Waals surface area contributed by atoms with Gasteiger partial charge in [-0.15, -0.1) is 23.7 Å². The summed E-state index contributed by atoms with van der Waals surface area (Å²) in [7, 11) is -1.85. The summed E-state index contributed by atoms with van der Waals surface area (Å²) in [5, 5.41) is 9.75. The topological polar surface area (TPSA) is 92.5 Å². The van der Waals surface area contributed by atoms with E-state index in [1.54, 1.807) is 10.3 Å². The highest BCUT2D eigenvalue weighted by Crippen LogP contribution is 2.21. The molecule has 114 valence electrons. The number of nitrogens with two attached hydrogens (primary N) is 1. The van der Waals surface area contributed by atoms with Crippen molar-refractivity contribution in [3.63, 3.8) is 0 Å². The number of thiophene rings is 1. The number of likely N-dealkylation sites (tertiary alicyclic amines) is 1. The number of primary sulfonamides is 1. The molecule has 3 N–H and O–H groups in total. The molecule has 1 fully saturated rings. The van der Waals surface area contributed by atoms with Crippen molar-refractivity contribution in [3.8, 4) is 0 Å². The first-order valence-electron chi connectivity index (χ1n) is 5.99. The predicted molar refractivity (Wildman–Crippen MR) is 80.9 cm³/mol. The number of piperidine rings is 1. The van der Waals surface area contributed by atoms with Gasteiger partial charge in [-0.3, -0.25) is 4.79 Å². The van der Waals surface area contributed by atoms with E-state index < -0.39 is 10.0 Å². The lowest BCUT2D eigenvalue weighted by atomic mass is 10.1. The number of rotatable bonds is 3.